The number of benzene rings is 2. The van der Waals surface area contributed by atoms with E-state index in [2.05, 4.69) is 23.9 Å². The Bertz CT molecular complexity index is 856. The number of nitrogens with one attached hydrogen (secondary N) is 1. The van der Waals surface area contributed by atoms with Crippen LogP contribution in [0.1, 0.15) is 36.2 Å². The molecule has 2 rings (SSSR count). The van der Waals surface area contributed by atoms with Gasteiger partial charge in [-0.3, -0.25) is 4.79 Å². The molecule has 0 atom stereocenters. The Hall–Kier alpha value is -3.28. The molecular formula is C23H27NO5. The highest BCUT2D eigenvalue weighted by Gasteiger charge is 2.07. The minimum atomic E-state index is -0.423. The van der Waals surface area contributed by atoms with E-state index in [9.17, 15) is 9.59 Å². The lowest BCUT2D eigenvalue weighted by molar-refractivity contribution is -0.111. The van der Waals surface area contributed by atoms with Crippen LogP contribution in [0.2, 0.25) is 0 Å². The SMILES string of the molecule is COC(=O)c1ccc(NC(=O)C=Cc2ccc(OCCC(C)C)c(OC)c2)cc1. The van der Waals surface area contributed by atoms with Crippen molar-refractivity contribution in [2.45, 2.75) is 20.3 Å². The Kier molecular flexibility index (Phi) is 8.27. The van der Waals surface area contributed by atoms with Crippen molar-refractivity contribution in [3.8, 4) is 11.5 Å². The van der Waals surface area contributed by atoms with Crippen LogP contribution >= 0.6 is 0 Å². The monoisotopic (exact) mass is 397 g/mol. The van der Waals surface area contributed by atoms with Crippen molar-refractivity contribution in [3.63, 3.8) is 0 Å². The average molecular weight is 397 g/mol. The van der Waals surface area contributed by atoms with Gasteiger partial charge in [-0.1, -0.05) is 19.9 Å². The first-order valence-electron chi connectivity index (χ1n) is 9.41. The Morgan fingerprint density at radius 1 is 1.03 bits per heavy atom. The van der Waals surface area contributed by atoms with E-state index in [1.54, 1.807) is 37.5 Å². The molecule has 0 aliphatic rings. The third-order valence-electron chi connectivity index (χ3n) is 4.14. The number of esters is 1. The second kappa shape index (κ2) is 10.9. The van der Waals surface area contributed by atoms with Gasteiger partial charge in [0.1, 0.15) is 0 Å². The summed E-state index contributed by atoms with van der Waals surface area (Å²) < 4.78 is 15.8. The summed E-state index contributed by atoms with van der Waals surface area (Å²) in [5.74, 6) is 1.16. The van der Waals surface area contributed by atoms with Crippen molar-refractivity contribution in [3.05, 3.63) is 59.7 Å². The van der Waals surface area contributed by atoms with Crippen molar-refractivity contribution in [2.24, 2.45) is 5.92 Å². The first-order valence-corrected chi connectivity index (χ1v) is 9.41. The molecule has 0 aliphatic heterocycles. The smallest absolute Gasteiger partial charge is 0.337 e. The maximum Gasteiger partial charge on any atom is 0.337 e. The minimum absolute atomic E-state index is 0.285. The van der Waals surface area contributed by atoms with E-state index in [-0.39, 0.29) is 5.91 Å². The highest BCUT2D eigenvalue weighted by atomic mass is 16.5. The van der Waals surface area contributed by atoms with Crippen LogP contribution in [0.15, 0.2) is 48.5 Å². The number of hydrogen-bond donors (Lipinski definition) is 1. The number of anilines is 1. The Morgan fingerprint density at radius 2 is 1.76 bits per heavy atom. The normalized spacial score (nSPS) is 10.8. The molecule has 6 nitrogen and oxygen atoms in total. The predicted molar refractivity (Wildman–Crippen MR) is 113 cm³/mol. The van der Waals surface area contributed by atoms with Crippen molar-refractivity contribution < 1.29 is 23.8 Å². The quantitative estimate of drug-likeness (QED) is 0.496. The number of ether oxygens (including phenoxy) is 3. The van der Waals surface area contributed by atoms with Crippen LogP contribution < -0.4 is 14.8 Å². The summed E-state index contributed by atoms with van der Waals surface area (Å²) in [5, 5.41) is 2.74. The van der Waals surface area contributed by atoms with Gasteiger partial charge in [0.05, 0.1) is 26.4 Å². The minimum Gasteiger partial charge on any atom is -0.493 e. The lowest BCUT2D eigenvalue weighted by atomic mass is 10.1. The van der Waals surface area contributed by atoms with Crippen molar-refractivity contribution in [1.29, 1.82) is 0 Å². The van der Waals surface area contributed by atoms with Gasteiger partial charge < -0.3 is 19.5 Å². The van der Waals surface area contributed by atoms with E-state index in [0.717, 1.165) is 12.0 Å². The molecule has 0 heterocycles. The van der Waals surface area contributed by atoms with Gasteiger partial charge in [0.2, 0.25) is 5.91 Å². The summed E-state index contributed by atoms with van der Waals surface area (Å²) in [6, 6.07) is 12.0. The van der Waals surface area contributed by atoms with E-state index in [0.29, 0.717) is 35.3 Å². The fraction of sp³-hybridized carbons (Fsp3) is 0.304. The maximum atomic E-state index is 12.1. The molecule has 0 unspecified atom stereocenters. The fourth-order valence-electron chi connectivity index (χ4n) is 2.48. The summed E-state index contributed by atoms with van der Waals surface area (Å²) in [5.41, 5.74) is 1.82. The molecule has 1 amide bonds. The molecule has 0 radical (unpaired) electrons. The van der Waals surface area contributed by atoms with Crippen molar-refractivity contribution >= 4 is 23.6 Å². The number of carbonyl (C=O) groups excluding carboxylic acids is 2. The highest BCUT2D eigenvalue weighted by Crippen LogP contribution is 2.29. The first kappa shape index (κ1) is 22.0. The molecule has 2 aromatic rings. The van der Waals surface area contributed by atoms with E-state index in [1.807, 2.05) is 18.2 Å². The van der Waals surface area contributed by atoms with Gasteiger partial charge >= 0.3 is 5.97 Å². The molecule has 0 aliphatic carbocycles. The molecular weight excluding hydrogens is 370 g/mol. The summed E-state index contributed by atoms with van der Waals surface area (Å²) in [4.78, 5) is 23.6. The highest BCUT2D eigenvalue weighted by molar-refractivity contribution is 6.02. The predicted octanol–water partition coefficient (Wildman–Crippen LogP) is 4.56. The van der Waals surface area contributed by atoms with Crippen LogP contribution in [0.5, 0.6) is 11.5 Å². The van der Waals surface area contributed by atoms with Gasteiger partial charge in [0.25, 0.3) is 0 Å². The molecule has 0 aromatic heterocycles. The number of hydrogen-bond acceptors (Lipinski definition) is 5. The van der Waals surface area contributed by atoms with Crippen LogP contribution in [0.4, 0.5) is 5.69 Å². The number of methoxy groups -OCH3 is 2. The molecule has 0 fully saturated rings. The van der Waals surface area contributed by atoms with Gasteiger partial charge in [-0.2, -0.15) is 0 Å². The molecule has 154 valence electrons. The lowest BCUT2D eigenvalue weighted by Gasteiger charge is -2.12. The summed E-state index contributed by atoms with van der Waals surface area (Å²) in [6.07, 6.45) is 4.09. The summed E-state index contributed by atoms with van der Waals surface area (Å²) >= 11 is 0. The average Bonchev–Trinajstić information content (AvgIpc) is 2.72. The summed E-state index contributed by atoms with van der Waals surface area (Å²) in [6.45, 7) is 4.92. The third kappa shape index (κ3) is 6.99. The van der Waals surface area contributed by atoms with Gasteiger partial charge in [0, 0.05) is 11.8 Å². The third-order valence-corrected chi connectivity index (χ3v) is 4.14. The zero-order valence-corrected chi connectivity index (χ0v) is 17.2. The summed E-state index contributed by atoms with van der Waals surface area (Å²) in [7, 11) is 2.91. The van der Waals surface area contributed by atoms with E-state index < -0.39 is 5.97 Å². The molecule has 0 saturated heterocycles. The zero-order chi connectivity index (χ0) is 21.2. The molecule has 0 saturated carbocycles. The Balaban J connectivity index is 1.97. The van der Waals surface area contributed by atoms with Crippen LogP contribution in [0.3, 0.4) is 0 Å². The lowest BCUT2D eigenvalue weighted by Crippen LogP contribution is -2.08. The van der Waals surface area contributed by atoms with Gasteiger partial charge in [-0.15, -0.1) is 0 Å². The number of rotatable bonds is 9. The molecule has 0 spiro atoms. The molecule has 29 heavy (non-hydrogen) atoms. The van der Waals surface area contributed by atoms with Gasteiger partial charge in [-0.25, -0.2) is 4.79 Å². The molecule has 1 N–H and O–H groups in total. The standard InChI is InChI=1S/C23H27NO5/c1-16(2)13-14-29-20-11-5-17(15-21(20)27-3)6-12-22(25)24-19-9-7-18(8-10-19)23(26)28-4/h5-12,15-16H,13-14H2,1-4H3,(H,24,25). The van der Waals surface area contributed by atoms with Crippen molar-refractivity contribution in [2.75, 3.05) is 26.1 Å². The van der Waals surface area contributed by atoms with E-state index in [1.165, 1.54) is 13.2 Å². The van der Waals surface area contributed by atoms with Gasteiger partial charge in [0.15, 0.2) is 11.5 Å². The molecule has 0 bridgehead atoms. The van der Waals surface area contributed by atoms with Crippen LogP contribution in [0.25, 0.3) is 6.08 Å². The second-order valence-corrected chi connectivity index (χ2v) is 6.83. The largest absolute Gasteiger partial charge is 0.493 e. The van der Waals surface area contributed by atoms with Crippen LogP contribution in [-0.2, 0) is 9.53 Å². The first-order chi connectivity index (χ1) is 13.9. The molecule has 6 heteroatoms. The number of amides is 1. The van der Waals surface area contributed by atoms with Crippen LogP contribution in [0, 0.1) is 5.92 Å². The Morgan fingerprint density at radius 3 is 2.38 bits per heavy atom. The fourth-order valence-corrected chi connectivity index (χ4v) is 2.48. The van der Waals surface area contributed by atoms with Crippen molar-refractivity contribution in [1.82, 2.24) is 0 Å². The van der Waals surface area contributed by atoms with Crippen LogP contribution in [-0.4, -0.2) is 32.7 Å². The zero-order valence-electron chi connectivity index (χ0n) is 17.2. The Labute approximate surface area is 171 Å². The maximum absolute atomic E-state index is 12.1. The van der Waals surface area contributed by atoms with E-state index >= 15 is 0 Å². The van der Waals surface area contributed by atoms with Gasteiger partial charge in [-0.05, 0) is 60.4 Å². The second-order valence-electron chi connectivity index (χ2n) is 6.83. The number of carbonyl (C=O) groups is 2. The van der Waals surface area contributed by atoms with E-state index in [4.69, 9.17) is 9.47 Å². The molecule has 2 aromatic carbocycles. The topological polar surface area (TPSA) is 73.9 Å².